The molecule has 1 heterocycles. The van der Waals surface area contributed by atoms with Crippen molar-refractivity contribution in [2.75, 3.05) is 10.6 Å². The Bertz CT molecular complexity index is 862. The second kappa shape index (κ2) is 7.81. The molecular formula is C18H17ClN4O2. The first-order chi connectivity index (χ1) is 12.2. The van der Waals surface area contributed by atoms with Crippen LogP contribution >= 0.6 is 11.6 Å². The minimum atomic E-state index is -0.217. The van der Waals surface area contributed by atoms with E-state index in [1.165, 1.54) is 0 Å². The number of nitrogens with one attached hydrogen (secondary N) is 2. The number of para-hydroxylation sites is 1. The van der Waals surface area contributed by atoms with Crippen LogP contribution in [0.1, 0.15) is 29.1 Å². The molecule has 6 nitrogen and oxygen atoms in total. The van der Waals surface area contributed by atoms with Gasteiger partial charge in [0, 0.05) is 22.8 Å². The maximum Gasteiger partial charge on any atom is 0.257 e. The molecule has 7 heteroatoms. The molecule has 0 bridgehead atoms. The second-order valence-corrected chi connectivity index (χ2v) is 5.74. The Morgan fingerprint density at radius 2 is 1.80 bits per heavy atom. The molecule has 2 N–H and O–H groups in total. The monoisotopic (exact) mass is 356 g/mol. The molecule has 0 aliphatic rings. The number of amides is 1. The van der Waals surface area contributed by atoms with Crippen LogP contribution < -0.4 is 10.6 Å². The van der Waals surface area contributed by atoms with E-state index < -0.39 is 0 Å². The van der Waals surface area contributed by atoms with Crippen LogP contribution in [-0.4, -0.2) is 16.1 Å². The zero-order valence-electron chi connectivity index (χ0n) is 13.6. The topological polar surface area (TPSA) is 80.0 Å². The molecule has 0 aliphatic carbocycles. The summed E-state index contributed by atoms with van der Waals surface area (Å²) in [5, 5.41) is 14.5. The highest BCUT2D eigenvalue weighted by molar-refractivity contribution is 6.30. The summed E-state index contributed by atoms with van der Waals surface area (Å²) in [5.41, 5.74) is 1.88. The average molecular weight is 357 g/mol. The first kappa shape index (κ1) is 17.0. The van der Waals surface area contributed by atoms with Crippen molar-refractivity contribution < 1.29 is 9.21 Å². The number of carbonyl (C=O) groups is 1. The highest BCUT2D eigenvalue weighted by Crippen LogP contribution is 2.19. The van der Waals surface area contributed by atoms with Gasteiger partial charge in [-0.3, -0.25) is 4.79 Å². The Labute approximate surface area is 150 Å². The van der Waals surface area contributed by atoms with Gasteiger partial charge in [0.1, 0.15) is 0 Å². The van der Waals surface area contributed by atoms with E-state index in [-0.39, 0.29) is 5.91 Å². The third-order valence-electron chi connectivity index (χ3n) is 3.51. The summed E-state index contributed by atoms with van der Waals surface area (Å²) in [4.78, 5) is 12.5. The van der Waals surface area contributed by atoms with Crippen LogP contribution in [0.5, 0.6) is 0 Å². The first-order valence-corrected chi connectivity index (χ1v) is 8.24. The van der Waals surface area contributed by atoms with Gasteiger partial charge in [0.15, 0.2) is 0 Å². The molecular weight excluding hydrogens is 340 g/mol. The van der Waals surface area contributed by atoms with Crippen molar-refractivity contribution in [2.24, 2.45) is 0 Å². The van der Waals surface area contributed by atoms with Gasteiger partial charge >= 0.3 is 0 Å². The van der Waals surface area contributed by atoms with Crippen LogP contribution in [0, 0.1) is 0 Å². The number of hydrogen-bond acceptors (Lipinski definition) is 5. The number of hydrogen-bond donors (Lipinski definition) is 2. The van der Waals surface area contributed by atoms with Crippen molar-refractivity contribution in [3.05, 3.63) is 70.9 Å². The first-order valence-electron chi connectivity index (χ1n) is 7.87. The predicted molar refractivity (Wildman–Crippen MR) is 96.8 cm³/mol. The van der Waals surface area contributed by atoms with Gasteiger partial charge in [-0.05, 0) is 36.4 Å². The molecule has 25 heavy (non-hydrogen) atoms. The summed E-state index contributed by atoms with van der Waals surface area (Å²) in [6.07, 6.45) is 0.688. The van der Waals surface area contributed by atoms with E-state index in [0.29, 0.717) is 46.7 Å². The molecule has 3 aromatic rings. The molecule has 0 atom stereocenters. The number of benzene rings is 2. The maximum atomic E-state index is 12.5. The number of aromatic nitrogens is 2. The third kappa shape index (κ3) is 4.36. The van der Waals surface area contributed by atoms with Gasteiger partial charge in [-0.1, -0.05) is 30.7 Å². The fourth-order valence-corrected chi connectivity index (χ4v) is 2.37. The van der Waals surface area contributed by atoms with Crippen LogP contribution in [0.2, 0.25) is 5.02 Å². The van der Waals surface area contributed by atoms with Crippen LogP contribution in [0.3, 0.4) is 0 Å². The van der Waals surface area contributed by atoms with Crippen LogP contribution in [-0.2, 0) is 13.0 Å². The highest BCUT2D eigenvalue weighted by atomic mass is 35.5. The number of rotatable bonds is 6. The molecule has 2 aromatic carbocycles. The van der Waals surface area contributed by atoms with Crippen molar-refractivity contribution in [2.45, 2.75) is 19.9 Å². The molecule has 1 aromatic heterocycles. The zero-order valence-corrected chi connectivity index (χ0v) is 14.4. The lowest BCUT2D eigenvalue weighted by Gasteiger charge is -2.11. The van der Waals surface area contributed by atoms with Gasteiger partial charge in [-0.2, -0.15) is 0 Å². The summed E-state index contributed by atoms with van der Waals surface area (Å²) in [7, 11) is 0. The van der Waals surface area contributed by atoms with Gasteiger partial charge in [0.05, 0.1) is 12.1 Å². The van der Waals surface area contributed by atoms with E-state index in [1.807, 2.05) is 25.1 Å². The van der Waals surface area contributed by atoms with E-state index in [2.05, 4.69) is 20.8 Å². The largest absolute Gasteiger partial charge is 0.423 e. The Kier molecular flexibility index (Phi) is 5.30. The lowest BCUT2D eigenvalue weighted by Crippen LogP contribution is -2.14. The summed E-state index contributed by atoms with van der Waals surface area (Å²) in [5.74, 6) is 0.848. The van der Waals surface area contributed by atoms with E-state index in [0.717, 1.165) is 0 Å². The van der Waals surface area contributed by atoms with Crippen LogP contribution in [0.4, 0.5) is 11.4 Å². The molecule has 0 saturated heterocycles. The highest BCUT2D eigenvalue weighted by Gasteiger charge is 2.12. The summed E-state index contributed by atoms with van der Waals surface area (Å²) < 4.78 is 5.46. The molecule has 3 rings (SSSR count). The average Bonchev–Trinajstić information content (AvgIpc) is 3.10. The van der Waals surface area contributed by atoms with Crippen molar-refractivity contribution >= 4 is 28.9 Å². The quantitative estimate of drug-likeness (QED) is 0.693. The molecule has 0 saturated carbocycles. The number of nitrogens with zero attached hydrogens (tertiary/aromatic N) is 2. The van der Waals surface area contributed by atoms with Gasteiger partial charge in [0.25, 0.3) is 5.91 Å². The molecule has 0 spiro atoms. The minimum Gasteiger partial charge on any atom is -0.423 e. The summed E-state index contributed by atoms with van der Waals surface area (Å²) >= 11 is 5.86. The molecule has 1 amide bonds. The van der Waals surface area contributed by atoms with Crippen LogP contribution in [0.25, 0.3) is 0 Å². The number of carbonyl (C=O) groups excluding carboxylic acids is 1. The van der Waals surface area contributed by atoms with Gasteiger partial charge < -0.3 is 15.1 Å². The van der Waals surface area contributed by atoms with Crippen molar-refractivity contribution in [3.8, 4) is 0 Å². The standard InChI is InChI=1S/C18H17ClN4O2/c1-2-16-22-23-17(25-16)11-20-15-6-4-3-5-14(15)18(24)21-13-9-7-12(19)8-10-13/h3-10,20H,2,11H2,1H3,(H,21,24). The Hall–Kier alpha value is -2.86. The van der Waals surface area contributed by atoms with E-state index in [4.69, 9.17) is 16.0 Å². The molecule has 0 radical (unpaired) electrons. The summed E-state index contributed by atoms with van der Waals surface area (Å²) in [6.45, 7) is 2.29. The van der Waals surface area contributed by atoms with Crippen molar-refractivity contribution in [1.29, 1.82) is 0 Å². The lowest BCUT2D eigenvalue weighted by atomic mass is 10.1. The number of anilines is 2. The Balaban J connectivity index is 1.71. The molecule has 128 valence electrons. The normalized spacial score (nSPS) is 10.5. The fraction of sp³-hybridized carbons (Fsp3) is 0.167. The minimum absolute atomic E-state index is 0.217. The zero-order chi connectivity index (χ0) is 17.6. The van der Waals surface area contributed by atoms with E-state index in [1.54, 1.807) is 30.3 Å². The van der Waals surface area contributed by atoms with Gasteiger partial charge in [-0.25, -0.2) is 0 Å². The van der Waals surface area contributed by atoms with E-state index >= 15 is 0 Å². The molecule has 0 aliphatic heterocycles. The van der Waals surface area contributed by atoms with Gasteiger partial charge in [0.2, 0.25) is 11.8 Å². The van der Waals surface area contributed by atoms with Gasteiger partial charge in [-0.15, -0.1) is 10.2 Å². The van der Waals surface area contributed by atoms with Crippen molar-refractivity contribution in [3.63, 3.8) is 0 Å². The van der Waals surface area contributed by atoms with E-state index in [9.17, 15) is 4.79 Å². The lowest BCUT2D eigenvalue weighted by molar-refractivity contribution is 0.102. The summed E-state index contributed by atoms with van der Waals surface area (Å²) in [6, 6.07) is 14.2. The smallest absolute Gasteiger partial charge is 0.257 e. The second-order valence-electron chi connectivity index (χ2n) is 5.30. The Morgan fingerprint density at radius 1 is 1.08 bits per heavy atom. The SMILES string of the molecule is CCc1nnc(CNc2ccccc2C(=O)Nc2ccc(Cl)cc2)o1. The third-order valence-corrected chi connectivity index (χ3v) is 3.77. The Morgan fingerprint density at radius 3 is 2.52 bits per heavy atom. The number of aryl methyl sites for hydroxylation is 1. The predicted octanol–water partition coefficient (Wildman–Crippen LogP) is 4.15. The van der Waals surface area contributed by atoms with Crippen molar-refractivity contribution in [1.82, 2.24) is 10.2 Å². The number of halogens is 1. The maximum absolute atomic E-state index is 12.5. The molecule has 0 fully saturated rings. The fourth-order valence-electron chi connectivity index (χ4n) is 2.24. The van der Waals surface area contributed by atoms with Crippen LogP contribution in [0.15, 0.2) is 52.9 Å². The molecule has 0 unspecified atom stereocenters.